The molecule has 3 atom stereocenters. The van der Waals surface area contributed by atoms with Crippen molar-refractivity contribution in [2.24, 2.45) is 11.3 Å². The summed E-state index contributed by atoms with van der Waals surface area (Å²) in [6.07, 6.45) is 8.54. The molecule has 0 bridgehead atoms. The maximum atomic E-state index is 12.9. The van der Waals surface area contributed by atoms with Crippen LogP contribution in [-0.2, 0) is 9.59 Å². The van der Waals surface area contributed by atoms with E-state index in [4.69, 9.17) is 0 Å². The van der Waals surface area contributed by atoms with Crippen molar-refractivity contribution in [2.45, 2.75) is 44.1 Å². The molecule has 5 rings (SSSR count). The van der Waals surface area contributed by atoms with Gasteiger partial charge in [-0.15, -0.1) is 0 Å². The summed E-state index contributed by atoms with van der Waals surface area (Å²) in [4.78, 5) is 24.7. The van der Waals surface area contributed by atoms with Crippen LogP contribution in [0.25, 0.3) is 5.69 Å². The molecule has 2 saturated carbocycles. The highest BCUT2D eigenvalue weighted by Crippen LogP contribution is 2.51. The first-order valence-electron chi connectivity index (χ1n) is 9.82. The number of para-hydroxylation sites is 1. The van der Waals surface area contributed by atoms with E-state index in [0.717, 1.165) is 31.4 Å². The molecule has 1 aromatic carbocycles. The Kier molecular flexibility index (Phi) is 3.81. The average molecular weight is 364 g/mol. The van der Waals surface area contributed by atoms with E-state index in [1.165, 1.54) is 5.56 Å². The Morgan fingerprint density at radius 3 is 2.81 bits per heavy atom. The van der Waals surface area contributed by atoms with E-state index >= 15 is 0 Å². The molecule has 1 aliphatic heterocycles. The second kappa shape index (κ2) is 6.22. The van der Waals surface area contributed by atoms with Crippen LogP contribution in [0.2, 0.25) is 0 Å². The monoisotopic (exact) mass is 364 g/mol. The first-order valence-corrected chi connectivity index (χ1v) is 9.82. The van der Waals surface area contributed by atoms with Gasteiger partial charge < -0.3 is 10.6 Å². The zero-order chi connectivity index (χ0) is 18.4. The summed E-state index contributed by atoms with van der Waals surface area (Å²) < 4.78 is 1.88. The van der Waals surface area contributed by atoms with E-state index < -0.39 is 0 Å². The van der Waals surface area contributed by atoms with E-state index in [1.807, 2.05) is 41.2 Å². The third-order valence-corrected chi connectivity index (χ3v) is 6.59. The van der Waals surface area contributed by atoms with Crippen LogP contribution in [0.15, 0.2) is 42.7 Å². The fraction of sp³-hybridized carbons (Fsp3) is 0.476. The number of nitrogens with zero attached hydrogens (tertiary/aromatic N) is 2. The molecule has 3 aliphatic rings. The Labute approximate surface area is 158 Å². The number of carbonyl (C=O) groups is 2. The van der Waals surface area contributed by atoms with E-state index in [0.29, 0.717) is 18.9 Å². The third-order valence-electron chi connectivity index (χ3n) is 6.59. The van der Waals surface area contributed by atoms with Crippen LogP contribution < -0.4 is 10.6 Å². The van der Waals surface area contributed by atoms with E-state index in [1.54, 1.807) is 0 Å². The lowest BCUT2D eigenvalue weighted by atomic mass is 9.57. The minimum Gasteiger partial charge on any atom is -0.355 e. The average Bonchev–Trinajstić information content (AvgIpc) is 3.23. The lowest BCUT2D eigenvalue weighted by Crippen LogP contribution is -2.56. The van der Waals surface area contributed by atoms with Crippen molar-refractivity contribution in [3.8, 4) is 5.69 Å². The van der Waals surface area contributed by atoms with Crippen LogP contribution in [0.3, 0.4) is 0 Å². The highest BCUT2D eigenvalue weighted by molar-refractivity contribution is 5.86. The van der Waals surface area contributed by atoms with Crippen molar-refractivity contribution in [3.63, 3.8) is 0 Å². The Morgan fingerprint density at radius 2 is 2.07 bits per heavy atom. The summed E-state index contributed by atoms with van der Waals surface area (Å²) in [5.41, 5.74) is 2.11. The summed E-state index contributed by atoms with van der Waals surface area (Å²) in [7, 11) is 0. The van der Waals surface area contributed by atoms with Crippen molar-refractivity contribution in [2.75, 3.05) is 6.54 Å². The van der Waals surface area contributed by atoms with Crippen LogP contribution in [0.4, 0.5) is 0 Å². The van der Waals surface area contributed by atoms with Crippen molar-refractivity contribution < 1.29 is 9.59 Å². The van der Waals surface area contributed by atoms with Gasteiger partial charge in [-0.3, -0.25) is 9.59 Å². The second-order valence-corrected chi connectivity index (χ2v) is 8.26. The Hall–Kier alpha value is -2.63. The standard InChI is InChI=1S/C21H24N4O2/c26-19-10-21(7-4-8-21)17(12-22-19)20(27)24-18-9-16(18)14-11-23-25(13-14)15-5-2-1-3-6-15/h1-3,5-6,11,13,16-18H,4,7-10,12H2,(H,22,26)(H,24,27)/t16-,17?,18+/m0/s1. The Morgan fingerprint density at radius 1 is 1.26 bits per heavy atom. The van der Waals surface area contributed by atoms with Gasteiger partial charge >= 0.3 is 0 Å². The van der Waals surface area contributed by atoms with Crippen molar-refractivity contribution >= 4 is 11.8 Å². The van der Waals surface area contributed by atoms with Crippen molar-refractivity contribution in [1.29, 1.82) is 0 Å². The van der Waals surface area contributed by atoms with E-state index in [9.17, 15) is 9.59 Å². The molecule has 6 nitrogen and oxygen atoms in total. The van der Waals surface area contributed by atoms with Crippen LogP contribution >= 0.6 is 0 Å². The molecule has 1 saturated heterocycles. The number of rotatable bonds is 4. The number of amides is 2. The predicted octanol–water partition coefficient (Wildman–Crippen LogP) is 2.15. The van der Waals surface area contributed by atoms with Crippen molar-refractivity contribution in [1.82, 2.24) is 20.4 Å². The topological polar surface area (TPSA) is 76.0 Å². The minimum absolute atomic E-state index is 0.0859. The van der Waals surface area contributed by atoms with Crippen LogP contribution in [-0.4, -0.2) is 34.2 Å². The zero-order valence-electron chi connectivity index (χ0n) is 15.2. The predicted molar refractivity (Wildman–Crippen MR) is 100 cm³/mol. The smallest absolute Gasteiger partial charge is 0.225 e. The van der Waals surface area contributed by atoms with Gasteiger partial charge in [-0.25, -0.2) is 4.68 Å². The summed E-state index contributed by atoms with van der Waals surface area (Å²) in [6, 6.07) is 10.2. The molecule has 6 heteroatoms. The van der Waals surface area contributed by atoms with Gasteiger partial charge in [0.2, 0.25) is 11.8 Å². The lowest BCUT2D eigenvalue weighted by Gasteiger charge is -2.49. The number of piperidine rings is 1. The quantitative estimate of drug-likeness (QED) is 0.873. The fourth-order valence-electron chi connectivity index (χ4n) is 4.72. The molecule has 140 valence electrons. The SMILES string of the molecule is O=C1CC2(CCC2)C(C(=O)N[C@@H]2C[C@H]2c2cnn(-c3ccccc3)c2)CN1. The number of hydrogen-bond donors (Lipinski definition) is 2. The Bertz CT molecular complexity index is 871. The molecular formula is C21H24N4O2. The Balaban J connectivity index is 1.23. The van der Waals surface area contributed by atoms with Gasteiger partial charge in [-0.05, 0) is 42.4 Å². The second-order valence-electron chi connectivity index (χ2n) is 8.26. The molecule has 2 aromatic rings. The maximum Gasteiger partial charge on any atom is 0.225 e. The fourth-order valence-corrected chi connectivity index (χ4v) is 4.72. The van der Waals surface area contributed by atoms with Gasteiger partial charge in [-0.1, -0.05) is 24.6 Å². The number of hydrogen-bond acceptors (Lipinski definition) is 3. The first-order chi connectivity index (χ1) is 13.1. The lowest BCUT2D eigenvalue weighted by molar-refractivity contribution is -0.142. The third kappa shape index (κ3) is 2.93. The molecule has 1 unspecified atom stereocenters. The van der Waals surface area contributed by atoms with Crippen molar-refractivity contribution in [3.05, 3.63) is 48.3 Å². The molecule has 1 aromatic heterocycles. The van der Waals surface area contributed by atoms with E-state index in [2.05, 4.69) is 21.9 Å². The van der Waals surface area contributed by atoms with Crippen LogP contribution in [0.5, 0.6) is 0 Å². The zero-order valence-corrected chi connectivity index (χ0v) is 15.2. The van der Waals surface area contributed by atoms with Gasteiger partial charge in [-0.2, -0.15) is 5.10 Å². The summed E-state index contributed by atoms with van der Waals surface area (Å²) in [5, 5.41) is 10.6. The molecule has 27 heavy (non-hydrogen) atoms. The first kappa shape index (κ1) is 16.5. The normalized spacial score (nSPS) is 28.3. The number of benzene rings is 1. The molecule has 2 N–H and O–H groups in total. The molecular weight excluding hydrogens is 340 g/mol. The van der Waals surface area contributed by atoms with Gasteiger partial charge in [0.15, 0.2) is 0 Å². The highest BCUT2D eigenvalue weighted by atomic mass is 16.2. The van der Waals surface area contributed by atoms with Gasteiger partial charge in [0.05, 0.1) is 17.8 Å². The maximum absolute atomic E-state index is 12.9. The molecule has 2 amide bonds. The van der Waals surface area contributed by atoms with E-state index in [-0.39, 0.29) is 29.2 Å². The highest BCUT2D eigenvalue weighted by Gasteiger charge is 2.52. The summed E-state index contributed by atoms with van der Waals surface area (Å²) in [6.45, 7) is 0.480. The number of nitrogens with one attached hydrogen (secondary N) is 2. The largest absolute Gasteiger partial charge is 0.355 e. The van der Waals surface area contributed by atoms with Gasteiger partial charge in [0, 0.05) is 31.1 Å². The molecule has 1 spiro atoms. The minimum atomic E-state index is -0.0883. The molecule has 0 radical (unpaired) electrons. The molecule has 2 aliphatic carbocycles. The number of aromatic nitrogens is 2. The van der Waals surface area contributed by atoms with Crippen LogP contribution in [0.1, 0.15) is 43.6 Å². The molecule has 3 fully saturated rings. The van der Waals surface area contributed by atoms with Crippen LogP contribution in [0, 0.1) is 11.3 Å². The van der Waals surface area contributed by atoms with Gasteiger partial charge in [0.25, 0.3) is 0 Å². The summed E-state index contributed by atoms with van der Waals surface area (Å²) >= 11 is 0. The molecule has 2 heterocycles. The number of carbonyl (C=O) groups excluding carboxylic acids is 2. The van der Waals surface area contributed by atoms with Gasteiger partial charge in [0.1, 0.15) is 0 Å². The summed E-state index contributed by atoms with van der Waals surface area (Å²) in [5.74, 6) is 0.452.